The highest BCUT2D eigenvalue weighted by Crippen LogP contribution is 2.17. The van der Waals surface area contributed by atoms with Gasteiger partial charge in [-0.3, -0.25) is 14.4 Å². The van der Waals surface area contributed by atoms with Crippen LogP contribution in [0.2, 0.25) is 0 Å². The molecule has 0 bridgehead atoms. The number of hydrogen-bond acceptors (Lipinski definition) is 7. The third-order valence-corrected chi connectivity index (χ3v) is 11.0. The van der Waals surface area contributed by atoms with Gasteiger partial charge in [0.2, 0.25) is 0 Å². The normalized spacial score (nSPS) is 11.8. The van der Waals surface area contributed by atoms with Crippen LogP contribution in [0.5, 0.6) is 0 Å². The Morgan fingerprint density at radius 2 is 0.545 bits per heavy atom. The number of unbranched alkanes of at least 4 members (excludes halogenated alkanes) is 36. The SMILES string of the molecule is CCCCCCCCCCCCCCCCCCCCCC(=O)OC(=O)CC(O)C(=O)OC(=O)CCCCCCCCCCCCCCCCCCCCC. The number of aliphatic hydroxyl groups is 1. The Morgan fingerprint density at radius 3 is 0.800 bits per heavy atom. The summed E-state index contributed by atoms with van der Waals surface area (Å²) in [5.74, 6) is -3.52. The third-order valence-electron chi connectivity index (χ3n) is 11.0. The Morgan fingerprint density at radius 1 is 0.327 bits per heavy atom. The Balaban J connectivity index is 3.55. The Hall–Kier alpha value is -1.76. The van der Waals surface area contributed by atoms with E-state index in [9.17, 15) is 24.3 Å². The average molecular weight is 779 g/mol. The van der Waals surface area contributed by atoms with Crippen LogP contribution in [-0.4, -0.2) is 35.1 Å². The number of rotatable bonds is 43. The zero-order valence-electron chi connectivity index (χ0n) is 36.5. The van der Waals surface area contributed by atoms with Crippen molar-refractivity contribution in [3.63, 3.8) is 0 Å². The van der Waals surface area contributed by atoms with Gasteiger partial charge in [0, 0.05) is 12.8 Å². The van der Waals surface area contributed by atoms with E-state index >= 15 is 0 Å². The van der Waals surface area contributed by atoms with E-state index in [-0.39, 0.29) is 12.8 Å². The first-order valence-corrected chi connectivity index (χ1v) is 24.1. The van der Waals surface area contributed by atoms with Crippen LogP contribution < -0.4 is 0 Å². The minimum Gasteiger partial charge on any atom is -0.393 e. The molecule has 0 aromatic rings. The molecule has 1 unspecified atom stereocenters. The maximum absolute atomic E-state index is 12.1. The summed E-state index contributed by atoms with van der Waals surface area (Å²) in [5.41, 5.74) is 0. The van der Waals surface area contributed by atoms with Crippen LogP contribution in [0.25, 0.3) is 0 Å². The van der Waals surface area contributed by atoms with E-state index in [1.807, 2.05) is 0 Å². The highest BCUT2D eigenvalue weighted by atomic mass is 16.6. The van der Waals surface area contributed by atoms with Gasteiger partial charge < -0.3 is 14.6 Å². The third kappa shape index (κ3) is 41.7. The molecule has 7 nitrogen and oxygen atoms in total. The van der Waals surface area contributed by atoms with Crippen LogP contribution in [0.3, 0.4) is 0 Å². The fourth-order valence-electron chi connectivity index (χ4n) is 7.39. The minimum absolute atomic E-state index is 0.0969. The molecule has 0 saturated carbocycles. The summed E-state index contributed by atoms with van der Waals surface area (Å²) in [6.07, 6.45) is 45.9. The highest BCUT2D eigenvalue weighted by molar-refractivity contribution is 5.92. The maximum Gasteiger partial charge on any atom is 0.343 e. The van der Waals surface area contributed by atoms with Gasteiger partial charge in [-0.25, -0.2) is 4.79 Å². The molecule has 1 atom stereocenters. The van der Waals surface area contributed by atoms with Gasteiger partial charge in [0.25, 0.3) is 0 Å². The lowest BCUT2D eigenvalue weighted by Gasteiger charge is -2.09. The molecule has 0 radical (unpaired) electrons. The molecule has 0 aromatic carbocycles. The maximum atomic E-state index is 12.1. The minimum atomic E-state index is -1.83. The van der Waals surface area contributed by atoms with Crippen molar-refractivity contribution in [3.8, 4) is 0 Å². The van der Waals surface area contributed by atoms with Crippen LogP contribution in [0, 0.1) is 0 Å². The van der Waals surface area contributed by atoms with Crippen molar-refractivity contribution in [3.05, 3.63) is 0 Å². The summed E-state index contributed by atoms with van der Waals surface area (Å²) < 4.78 is 9.46. The summed E-state index contributed by atoms with van der Waals surface area (Å²) >= 11 is 0. The fourth-order valence-corrected chi connectivity index (χ4v) is 7.39. The molecule has 1 N–H and O–H groups in total. The van der Waals surface area contributed by atoms with Crippen LogP contribution in [0.1, 0.15) is 277 Å². The quantitative estimate of drug-likeness (QED) is 0.0373. The number of carbonyl (C=O) groups excluding carboxylic acids is 4. The second-order valence-electron chi connectivity index (χ2n) is 16.6. The second kappa shape index (κ2) is 43.4. The second-order valence-corrected chi connectivity index (χ2v) is 16.6. The summed E-state index contributed by atoms with van der Waals surface area (Å²) in [5, 5.41) is 9.99. The molecular weight excluding hydrogens is 689 g/mol. The van der Waals surface area contributed by atoms with Gasteiger partial charge in [0.05, 0.1) is 6.42 Å². The Bertz CT molecular complexity index is 872. The van der Waals surface area contributed by atoms with Crippen molar-refractivity contribution in [1.29, 1.82) is 0 Å². The van der Waals surface area contributed by atoms with Crippen molar-refractivity contribution in [2.45, 2.75) is 283 Å². The van der Waals surface area contributed by atoms with Crippen molar-refractivity contribution in [1.82, 2.24) is 0 Å². The molecule has 0 aliphatic rings. The molecule has 0 rings (SSSR count). The number of hydrogen-bond donors (Lipinski definition) is 1. The van der Waals surface area contributed by atoms with Crippen molar-refractivity contribution in [2.24, 2.45) is 0 Å². The molecule has 0 aromatic heterocycles. The molecule has 0 aliphatic heterocycles. The van der Waals surface area contributed by atoms with E-state index < -0.39 is 36.4 Å². The molecule has 7 heteroatoms. The monoisotopic (exact) mass is 779 g/mol. The lowest BCUT2D eigenvalue weighted by molar-refractivity contribution is -0.171. The average Bonchev–Trinajstić information content (AvgIpc) is 3.16. The van der Waals surface area contributed by atoms with Gasteiger partial charge in [-0.1, -0.05) is 245 Å². The number of aliphatic hydroxyl groups excluding tert-OH is 1. The molecule has 0 fully saturated rings. The summed E-state index contributed by atoms with van der Waals surface area (Å²) in [6.45, 7) is 4.54. The molecular formula is C48H90O7. The van der Waals surface area contributed by atoms with E-state index in [1.54, 1.807) is 0 Å². The zero-order chi connectivity index (χ0) is 40.3. The Kier molecular flexibility index (Phi) is 42.0. The van der Waals surface area contributed by atoms with Gasteiger partial charge >= 0.3 is 23.9 Å². The first kappa shape index (κ1) is 53.2. The smallest absolute Gasteiger partial charge is 0.343 e. The number of esters is 4. The van der Waals surface area contributed by atoms with Crippen LogP contribution in [-0.2, 0) is 28.7 Å². The van der Waals surface area contributed by atoms with E-state index in [4.69, 9.17) is 9.47 Å². The lowest BCUT2D eigenvalue weighted by Crippen LogP contribution is -2.29. The predicted molar refractivity (Wildman–Crippen MR) is 229 cm³/mol. The fraction of sp³-hybridized carbons (Fsp3) is 0.917. The van der Waals surface area contributed by atoms with Gasteiger partial charge in [-0.15, -0.1) is 0 Å². The molecule has 0 heterocycles. The standard InChI is InChI=1S/C48H90O7/c1-3-5-7-9-11-13-15-17-19-21-23-25-27-29-31-33-35-37-39-41-45(50)54-47(52)43-44(49)48(53)55-46(51)42-40-38-36-34-32-30-28-26-24-22-20-18-16-14-12-10-8-6-4-2/h44,49H,3-43H2,1-2H3. The van der Waals surface area contributed by atoms with Crippen LogP contribution >= 0.6 is 0 Å². The topological polar surface area (TPSA) is 107 Å². The lowest BCUT2D eigenvalue weighted by atomic mass is 10.0. The molecule has 55 heavy (non-hydrogen) atoms. The summed E-state index contributed by atoms with van der Waals surface area (Å²) in [4.78, 5) is 48.1. The van der Waals surface area contributed by atoms with E-state index in [2.05, 4.69) is 13.8 Å². The molecule has 0 amide bonds. The van der Waals surface area contributed by atoms with Crippen LogP contribution in [0.15, 0.2) is 0 Å². The van der Waals surface area contributed by atoms with Crippen molar-refractivity contribution < 1.29 is 33.8 Å². The predicted octanol–water partition coefficient (Wildman–Crippen LogP) is 14.5. The van der Waals surface area contributed by atoms with Crippen LogP contribution in [0.4, 0.5) is 0 Å². The molecule has 0 spiro atoms. The van der Waals surface area contributed by atoms with E-state index in [0.717, 1.165) is 38.5 Å². The van der Waals surface area contributed by atoms with Gasteiger partial charge in [-0.2, -0.15) is 0 Å². The number of carbonyl (C=O) groups is 4. The highest BCUT2D eigenvalue weighted by Gasteiger charge is 2.25. The summed E-state index contributed by atoms with van der Waals surface area (Å²) in [6, 6.07) is 0. The van der Waals surface area contributed by atoms with E-state index in [0.29, 0.717) is 12.8 Å². The number of ether oxygens (including phenoxy) is 2. The molecule has 0 aliphatic carbocycles. The van der Waals surface area contributed by atoms with Crippen molar-refractivity contribution >= 4 is 23.9 Å². The zero-order valence-corrected chi connectivity index (χ0v) is 36.5. The van der Waals surface area contributed by atoms with Crippen molar-refractivity contribution in [2.75, 3.05) is 0 Å². The molecule has 324 valence electrons. The van der Waals surface area contributed by atoms with Gasteiger partial charge in [0.15, 0.2) is 6.10 Å². The first-order valence-electron chi connectivity index (χ1n) is 24.1. The first-order chi connectivity index (χ1) is 26.9. The molecule has 0 saturated heterocycles. The van der Waals surface area contributed by atoms with E-state index in [1.165, 1.54) is 193 Å². The van der Waals surface area contributed by atoms with Gasteiger partial charge in [-0.05, 0) is 12.8 Å². The summed E-state index contributed by atoms with van der Waals surface area (Å²) in [7, 11) is 0. The Labute approximate surface area is 340 Å². The van der Waals surface area contributed by atoms with Gasteiger partial charge in [0.1, 0.15) is 0 Å². The largest absolute Gasteiger partial charge is 0.393 e.